The van der Waals surface area contributed by atoms with Gasteiger partial charge < -0.3 is 11.1 Å². The number of rotatable bonds is 5. The summed E-state index contributed by atoms with van der Waals surface area (Å²) in [5, 5.41) is 3.44. The van der Waals surface area contributed by atoms with Crippen LogP contribution in [0.15, 0.2) is 30.3 Å². The number of hydrogen-bond donors (Lipinski definition) is 2. The summed E-state index contributed by atoms with van der Waals surface area (Å²) in [6, 6.07) is 10.5. The lowest BCUT2D eigenvalue weighted by atomic mass is 10.1. The van der Waals surface area contributed by atoms with Crippen LogP contribution in [0.25, 0.3) is 0 Å². The van der Waals surface area contributed by atoms with Crippen LogP contribution in [0.5, 0.6) is 0 Å². The van der Waals surface area contributed by atoms with Crippen molar-refractivity contribution in [3.63, 3.8) is 0 Å². The molecule has 21 heavy (non-hydrogen) atoms. The first-order valence-corrected chi connectivity index (χ1v) is 7.45. The van der Waals surface area contributed by atoms with E-state index in [0.717, 1.165) is 35.6 Å². The molecule has 3 N–H and O–H groups in total. The van der Waals surface area contributed by atoms with Gasteiger partial charge >= 0.3 is 0 Å². The van der Waals surface area contributed by atoms with Crippen molar-refractivity contribution in [3.05, 3.63) is 58.4 Å². The van der Waals surface area contributed by atoms with Gasteiger partial charge in [0.25, 0.3) is 0 Å². The van der Waals surface area contributed by atoms with Crippen LogP contribution in [0.4, 0.5) is 5.69 Å². The van der Waals surface area contributed by atoms with Gasteiger partial charge in [0.15, 0.2) is 0 Å². The molecule has 0 unspecified atom stereocenters. The van der Waals surface area contributed by atoms with Gasteiger partial charge in [0.05, 0.1) is 5.56 Å². The lowest BCUT2D eigenvalue weighted by Gasteiger charge is -2.14. The minimum Gasteiger partial charge on any atom is -0.389 e. The Balaban J connectivity index is 2.11. The van der Waals surface area contributed by atoms with Gasteiger partial charge in [-0.3, -0.25) is 4.98 Å². The summed E-state index contributed by atoms with van der Waals surface area (Å²) in [7, 11) is 0. The molecule has 1 aromatic heterocycles. The van der Waals surface area contributed by atoms with Crippen molar-refractivity contribution >= 4 is 22.9 Å². The Bertz CT molecular complexity index is 665. The molecule has 0 radical (unpaired) electrons. The first kappa shape index (κ1) is 15.4. The van der Waals surface area contributed by atoms with Crippen molar-refractivity contribution in [3.8, 4) is 0 Å². The van der Waals surface area contributed by atoms with E-state index in [2.05, 4.69) is 41.5 Å². The van der Waals surface area contributed by atoms with E-state index in [1.54, 1.807) is 0 Å². The fourth-order valence-electron chi connectivity index (χ4n) is 2.49. The molecule has 0 aliphatic carbocycles. The molecule has 0 saturated carbocycles. The molecule has 0 aliphatic rings. The number of nitrogens with two attached hydrogens (primary N) is 1. The summed E-state index contributed by atoms with van der Waals surface area (Å²) in [5.41, 5.74) is 12.1. The summed E-state index contributed by atoms with van der Waals surface area (Å²) < 4.78 is 0. The third-order valence-corrected chi connectivity index (χ3v) is 3.59. The normalized spacial score (nSPS) is 10.4. The number of hydrogen-bond acceptors (Lipinski definition) is 3. The van der Waals surface area contributed by atoms with Gasteiger partial charge in [0.2, 0.25) is 0 Å². The van der Waals surface area contributed by atoms with Gasteiger partial charge in [0.1, 0.15) is 4.99 Å². The van der Waals surface area contributed by atoms with E-state index in [1.807, 2.05) is 19.9 Å². The molecule has 0 amide bonds. The van der Waals surface area contributed by atoms with Crippen molar-refractivity contribution < 1.29 is 0 Å². The highest BCUT2D eigenvalue weighted by Gasteiger charge is 2.10. The minimum absolute atomic E-state index is 0.387. The number of anilines is 1. The van der Waals surface area contributed by atoms with Crippen LogP contribution in [-0.2, 0) is 6.42 Å². The first-order valence-electron chi connectivity index (χ1n) is 7.05. The fraction of sp³-hybridized carbons (Fsp3) is 0.294. The Morgan fingerprint density at radius 1 is 1.24 bits per heavy atom. The number of pyridine rings is 1. The lowest BCUT2D eigenvalue weighted by molar-refractivity contribution is 1.01. The lowest BCUT2D eigenvalue weighted by Crippen LogP contribution is -2.17. The second-order valence-corrected chi connectivity index (χ2v) is 5.74. The first-order chi connectivity index (χ1) is 9.97. The van der Waals surface area contributed by atoms with Gasteiger partial charge in [-0.15, -0.1) is 0 Å². The maximum Gasteiger partial charge on any atom is 0.107 e. The van der Waals surface area contributed by atoms with Crippen molar-refractivity contribution in [2.45, 2.75) is 27.2 Å². The Hall–Kier alpha value is -1.94. The molecule has 0 atom stereocenters. The Labute approximate surface area is 131 Å². The predicted octanol–water partition coefficient (Wildman–Crippen LogP) is 3.30. The Morgan fingerprint density at radius 3 is 2.67 bits per heavy atom. The molecule has 2 aromatic rings. The molecule has 2 rings (SSSR count). The molecule has 0 aliphatic heterocycles. The molecule has 0 fully saturated rings. The van der Waals surface area contributed by atoms with Gasteiger partial charge in [-0.1, -0.05) is 42.0 Å². The molecule has 3 nitrogen and oxygen atoms in total. The highest BCUT2D eigenvalue weighted by atomic mass is 32.1. The summed E-state index contributed by atoms with van der Waals surface area (Å²) in [5.74, 6) is 0. The number of benzene rings is 1. The van der Waals surface area contributed by atoms with Crippen molar-refractivity contribution in [2.75, 3.05) is 11.9 Å². The van der Waals surface area contributed by atoms with E-state index in [-0.39, 0.29) is 0 Å². The molecule has 110 valence electrons. The Kier molecular flexibility index (Phi) is 4.91. The standard InChI is InChI=1S/C17H21N3S/c1-11-5-4-6-14(9-11)7-8-19-15-10-12(2)20-13(3)16(15)17(18)21/h4-6,9-10H,7-8H2,1-3H3,(H2,18,21)(H,19,20). The summed E-state index contributed by atoms with van der Waals surface area (Å²) in [6.07, 6.45) is 0.957. The smallest absolute Gasteiger partial charge is 0.107 e. The van der Waals surface area contributed by atoms with E-state index in [4.69, 9.17) is 18.0 Å². The van der Waals surface area contributed by atoms with Crippen LogP contribution >= 0.6 is 12.2 Å². The summed E-state index contributed by atoms with van der Waals surface area (Å²) in [6.45, 7) is 6.86. The number of thiocarbonyl (C=S) groups is 1. The SMILES string of the molecule is Cc1cccc(CCNc2cc(C)nc(C)c2C(N)=S)c1. The summed E-state index contributed by atoms with van der Waals surface area (Å²) in [4.78, 5) is 4.81. The Morgan fingerprint density at radius 2 is 2.00 bits per heavy atom. The average Bonchev–Trinajstić information content (AvgIpc) is 2.37. The van der Waals surface area contributed by atoms with Crippen LogP contribution in [-0.4, -0.2) is 16.5 Å². The van der Waals surface area contributed by atoms with Gasteiger partial charge in [-0.05, 0) is 38.8 Å². The highest BCUT2D eigenvalue weighted by Crippen LogP contribution is 2.19. The van der Waals surface area contributed by atoms with E-state index >= 15 is 0 Å². The van der Waals surface area contributed by atoms with Gasteiger partial charge in [0, 0.05) is 23.6 Å². The van der Waals surface area contributed by atoms with Crippen LogP contribution < -0.4 is 11.1 Å². The number of aromatic nitrogens is 1. The highest BCUT2D eigenvalue weighted by molar-refractivity contribution is 7.80. The van der Waals surface area contributed by atoms with Gasteiger partial charge in [-0.25, -0.2) is 0 Å². The largest absolute Gasteiger partial charge is 0.389 e. The third-order valence-electron chi connectivity index (χ3n) is 3.39. The molecule has 0 saturated heterocycles. The van der Waals surface area contributed by atoms with E-state index in [1.165, 1.54) is 11.1 Å². The maximum absolute atomic E-state index is 5.82. The van der Waals surface area contributed by atoms with E-state index < -0.39 is 0 Å². The zero-order valence-electron chi connectivity index (χ0n) is 12.7. The quantitative estimate of drug-likeness (QED) is 0.832. The minimum atomic E-state index is 0.387. The van der Waals surface area contributed by atoms with Gasteiger partial charge in [-0.2, -0.15) is 0 Å². The van der Waals surface area contributed by atoms with Crippen molar-refractivity contribution in [1.82, 2.24) is 4.98 Å². The van der Waals surface area contributed by atoms with Crippen LogP contribution in [0, 0.1) is 20.8 Å². The molecular formula is C17H21N3S. The molecule has 0 bridgehead atoms. The zero-order chi connectivity index (χ0) is 15.4. The molecule has 1 aromatic carbocycles. The average molecular weight is 299 g/mol. The molecule has 4 heteroatoms. The maximum atomic E-state index is 5.82. The second-order valence-electron chi connectivity index (χ2n) is 5.30. The number of nitrogens with zero attached hydrogens (tertiary/aromatic N) is 1. The number of nitrogens with one attached hydrogen (secondary N) is 1. The van der Waals surface area contributed by atoms with E-state index in [0.29, 0.717) is 4.99 Å². The third kappa shape index (κ3) is 4.02. The molecule has 1 heterocycles. The van der Waals surface area contributed by atoms with Crippen LogP contribution in [0.2, 0.25) is 0 Å². The molecular weight excluding hydrogens is 278 g/mol. The van der Waals surface area contributed by atoms with E-state index in [9.17, 15) is 0 Å². The topological polar surface area (TPSA) is 50.9 Å². The summed E-state index contributed by atoms with van der Waals surface area (Å²) >= 11 is 5.14. The second kappa shape index (κ2) is 6.68. The predicted molar refractivity (Wildman–Crippen MR) is 93.0 cm³/mol. The van der Waals surface area contributed by atoms with Crippen molar-refractivity contribution in [2.24, 2.45) is 5.73 Å². The monoisotopic (exact) mass is 299 g/mol. The van der Waals surface area contributed by atoms with Crippen LogP contribution in [0.1, 0.15) is 28.1 Å². The zero-order valence-corrected chi connectivity index (χ0v) is 13.6. The fourth-order valence-corrected chi connectivity index (χ4v) is 2.75. The molecule has 0 spiro atoms. The van der Waals surface area contributed by atoms with Crippen molar-refractivity contribution in [1.29, 1.82) is 0 Å². The van der Waals surface area contributed by atoms with Crippen LogP contribution in [0.3, 0.4) is 0 Å². The number of aryl methyl sites for hydroxylation is 3.